The Kier molecular flexibility index (Phi) is 8.52. The number of piperidine rings is 1. The molecule has 0 atom stereocenters. The summed E-state index contributed by atoms with van der Waals surface area (Å²) in [6, 6.07) is 19.2. The second-order valence-corrected chi connectivity index (χ2v) is 10.1. The minimum Gasteiger partial charge on any atom is -0.457 e. The lowest BCUT2D eigenvalue weighted by atomic mass is 9.96. The van der Waals surface area contributed by atoms with Crippen LogP contribution in [0.1, 0.15) is 12.8 Å². The molecule has 1 aromatic heterocycles. The number of nitrogens with zero attached hydrogens (tertiary/aromatic N) is 5. The summed E-state index contributed by atoms with van der Waals surface area (Å²) in [6.45, 7) is 2.94. The largest absolute Gasteiger partial charge is 0.457 e. The van der Waals surface area contributed by atoms with E-state index in [1.807, 2.05) is 65.6 Å². The molecule has 0 spiro atoms. The molecule has 10 heteroatoms. The summed E-state index contributed by atoms with van der Waals surface area (Å²) in [6.07, 6.45) is 3.85. The molecule has 2 saturated heterocycles. The zero-order chi connectivity index (χ0) is 27.9. The number of alkyl halides is 1. The number of rotatable bonds is 9. The number of ether oxygens (including phenoxy) is 1. The molecule has 2 fully saturated rings. The van der Waals surface area contributed by atoms with Gasteiger partial charge in [0, 0.05) is 39.3 Å². The Morgan fingerprint density at radius 2 is 1.80 bits per heavy atom. The molecule has 2 aromatic carbocycles. The molecule has 0 radical (unpaired) electrons. The van der Waals surface area contributed by atoms with Gasteiger partial charge in [0.05, 0.1) is 5.56 Å². The van der Waals surface area contributed by atoms with Crippen molar-refractivity contribution in [2.24, 2.45) is 5.92 Å². The van der Waals surface area contributed by atoms with Crippen molar-refractivity contribution in [2.45, 2.75) is 19.0 Å². The van der Waals surface area contributed by atoms with Crippen LogP contribution in [0.15, 0.2) is 72.6 Å². The van der Waals surface area contributed by atoms with Gasteiger partial charge in [-0.05, 0) is 54.7 Å². The average Bonchev–Trinajstić information content (AvgIpc) is 2.96. The summed E-state index contributed by atoms with van der Waals surface area (Å²) >= 11 is 0. The number of carbonyl (C=O) groups excluding carboxylic acids is 1. The Morgan fingerprint density at radius 3 is 2.48 bits per heavy atom. The number of nitrogen functional groups attached to an aromatic ring is 1. The molecule has 2 aliphatic rings. The fourth-order valence-electron chi connectivity index (χ4n) is 4.94. The predicted octanol–water partition coefficient (Wildman–Crippen LogP) is 4.27. The summed E-state index contributed by atoms with van der Waals surface area (Å²) in [4.78, 5) is 25.1. The number of benzene rings is 2. The highest BCUT2D eigenvalue weighted by molar-refractivity contribution is 5.97. The van der Waals surface area contributed by atoms with Gasteiger partial charge in [0.25, 0.3) is 5.91 Å². The highest BCUT2D eigenvalue weighted by Gasteiger charge is 2.27. The third-order valence-electron chi connectivity index (χ3n) is 7.28. The van der Waals surface area contributed by atoms with Gasteiger partial charge in [0.15, 0.2) is 0 Å². The van der Waals surface area contributed by atoms with Crippen molar-refractivity contribution in [3.05, 3.63) is 72.6 Å². The maximum atomic E-state index is 13.0. The van der Waals surface area contributed by atoms with Crippen LogP contribution in [-0.2, 0) is 4.79 Å². The van der Waals surface area contributed by atoms with Gasteiger partial charge in [0.2, 0.25) is 0 Å². The Labute approximate surface area is 233 Å². The molecule has 5 rings (SSSR count). The van der Waals surface area contributed by atoms with Gasteiger partial charge >= 0.3 is 0 Å². The van der Waals surface area contributed by atoms with Crippen molar-refractivity contribution in [1.82, 2.24) is 19.8 Å². The lowest BCUT2D eigenvalue weighted by Gasteiger charge is -2.34. The van der Waals surface area contributed by atoms with Gasteiger partial charge < -0.3 is 20.7 Å². The number of nitrogens with one attached hydrogen (secondary N) is 1. The number of halogens is 1. The average molecular weight is 542 g/mol. The van der Waals surface area contributed by atoms with Crippen molar-refractivity contribution < 1.29 is 13.9 Å². The summed E-state index contributed by atoms with van der Waals surface area (Å²) in [7, 11) is 0. The van der Waals surface area contributed by atoms with Gasteiger partial charge in [-0.1, -0.05) is 30.3 Å². The first-order valence-electron chi connectivity index (χ1n) is 13.4. The first-order valence-corrected chi connectivity index (χ1v) is 13.4. The Bertz CT molecular complexity index is 1380. The SMILES string of the molecule is N#CC(=CCN1CC(F)C1)C(=O)N1CCC(CNc2ncnc(N)c2-c2ccc(Oc3ccccc3)cc2)CC1. The lowest BCUT2D eigenvalue weighted by molar-refractivity contribution is -0.128. The highest BCUT2D eigenvalue weighted by Crippen LogP contribution is 2.33. The maximum absolute atomic E-state index is 13.0. The normalized spacial score (nSPS) is 16.7. The van der Waals surface area contributed by atoms with E-state index < -0.39 is 6.17 Å². The van der Waals surface area contributed by atoms with Gasteiger partial charge in [-0.25, -0.2) is 14.4 Å². The number of hydrogen-bond acceptors (Lipinski definition) is 8. The highest BCUT2D eigenvalue weighted by atomic mass is 19.1. The van der Waals surface area contributed by atoms with Crippen LogP contribution in [0, 0.1) is 17.2 Å². The molecule has 0 saturated carbocycles. The minimum absolute atomic E-state index is 0.125. The van der Waals surface area contributed by atoms with Crippen molar-refractivity contribution in [3.63, 3.8) is 0 Å². The topological polar surface area (TPSA) is 120 Å². The van der Waals surface area contributed by atoms with Crippen LogP contribution in [0.4, 0.5) is 16.0 Å². The van der Waals surface area contributed by atoms with Gasteiger partial charge in [-0.3, -0.25) is 9.69 Å². The number of likely N-dealkylation sites (tertiary alicyclic amines) is 2. The molecule has 40 heavy (non-hydrogen) atoms. The second kappa shape index (κ2) is 12.6. The van der Waals surface area contributed by atoms with Crippen molar-refractivity contribution in [2.75, 3.05) is 50.3 Å². The predicted molar refractivity (Wildman–Crippen MR) is 151 cm³/mol. The lowest BCUT2D eigenvalue weighted by Crippen LogP contribution is -2.48. The van der Waals surface area contributed by atoms with E-state index in [9.17, 15) is 14.4 Å². The van der Waals surface area contributed by atoms with Crippen LogP contribution in [0.2, 0.25) is 0 Å². The van der Waals surface area contributed by atoms with Crippen LogP contribution in [0.3, 0.4) is 0 Å². The Balaban J connectivity index is 1.16. The molecule has 1 amide bonds. The number of nitriles is 1. The third kappa shape index (κ3) is 6.55. The smallest absolute Gasteiger partial charge is 0.264 e. The zero-order valence-electron chi connectivity index (χ0n) is 22.2. The van der Waals surface area contributed by atoms with E-state index in [0.717, 1.165) is 29.7 Å². The third-order valence-corrected chi connectivity index (χ3v) is 7.28. The van der Waals surface area contributed by atoms with Gasteiger partial charge in [0.1, 0.15) is 47.3 Å². The number of carbonyl (C=O) groups is 1. The molecule has 2 aliphatic heterocycles. The van der Waals surface area contributed by atoms with E-state index in [1.54, 1.807) is 11.0 Å². The molecule has 3 aromatic rings. The van der Waals surface area contributed by atoms with Crippen LogP contribution in [-0.4, -0.2) is 71.1 Å². The number of nitrogens with two attached hydrogens (primary N) is 1. The van der Waals surface area contributed by atoms with Crippen LogP contribution < -0.4 is 15.8 Å². The van der Waals surface area contributed by atoms with Crippen LogP contribution >= 0.6 is 0 Å². The Morgan fingerprint density at radius 1 is 1.10 bits per heavy atom. The zero-order valence-corrected chi connectivity index (χ0v) is 22.2. The summed E-state index contributed by atoms with van der Waals surface area (Å²) in [5, 5.41) is 12.9. The summed E-state index contributed by atoms with van der Waals surface area (Å²) in [5.74, 6) is 2.58. The number of anilines is 2. The molecule has 0 unspecified atom stereocenters. The second-order valence-electron chi connectivity index (χ2n) is 10.1. The molecule has 0 aliphatic carbocycles. The van der Waals surface area contributed by atoms with E-state index in [-0.39, 0.29) is 11.5 Å². The summed E-state index contributed by atoms with van der Waals surface area (Å²) in [5.41, 5.74) is 7.99. The molecule has 206 valence electrons. The molecular formula is C30H32FN7O2. The number of hydrogen-bond donors (Lipinski definition) is 2. The number of para-hydroxylation sites is 1. The van der Waals surface area contributed by atoms with E-state index in [2.05, 4.69) is 15.3 Å². The quantitative estimate of drug-likeness (QED) is 0.304. The molecule has 3 heterocycles. The standard InChI is InChI=1S/C30H32FN7O2/c31-24-18-37(19-24)13-12-23(16-32)30(39)38-14-10-21(11-15-38)17-34-29-27(28(33)35-20-36-29)22-6-8-26(9-7-22)40-25-4-2-1-3-5-25/h1-9,12,20-21,24H,10-11,13-15,17-19H2,(H3,33,34,35,36). The van der Waals surface area contributed by atoms with Crippen molar-refractivity contribution in [3.8, 4) is 28.7 Å². The first kappa shape index (κ1) is 27.1. The minimum atomic E-state index is -0.808. The number of aromatic nitrogens is 2. The van der Waals surface area contributed by atoms with E-state index in [4.69, 9.17) is 10.5 Å². The number of amides is 1. The fourth-order valence-corrected chi connectivity index (χ4v) is 4.94. The van der Waals surface area contributed by atoms with Gasteiger partial charge in [-0.15, -0.1) is 0 Å². The molecule has 3 N–H and O–H groups in total. The molecule has 9 nitrogen and oxygen atoms in total. The monoisotopic (exact) mass is 541 g/mol. The van der Waals surface area contributed by atoms with E-state index >= 15 is 0 Å². The van der Waals surface area contributed by atoms with Gasteiger partial charge in [-0.2, -0.15) is 5.26 Å². The van der Waals surface area contributed by atoms with Crippen molar-refractivity contribution >= 4 is 17.5 Å². The summed E-state index contributed by atoms with van der Waals surface area (Å²) < 4.78 is 18.9. The maximum Gasteiger partial charge on any atom is 0.264 e. The van der Waals surface area contributed by atoms with Crippen molar-refractivity contribution in [1.29, 1.82) is 5.26 Å². The molecular weight excluding hydrogens is 509 g/mol. The van der Waals surface area contributed by atoms with E-state index in [1.165, 1.54) is 6.33 Å². The Hall–Kier alpha value is -4.49. The first-order chi connectivity index (χ1) is 19.5. The van der Waals surface area contributed by atoms with Crippen LogP contribution in [0.5, 0.6) is 11.5 Å². The molecule has 0 bridgehead atoms. The van der Waals surface area contributed by atoms with E-state index in [0.29, 0.717) is 62.6 Å². The van der Waals surface area contributed by atoms with Crippen LogP contribution in [0.25, 0.3) is 11.1 Å². The fraction of sp³-hybridized carbons (Fsp3) is 0.333.